The van der Waals surface area contributed by atoms with Crippen LogP contribution >= 0.6 is 21.6 Å². The summed E-state index contributed by atoms with van der Waals surface area (Å²) in [6.45, 7) is 6.08. The molecule has 13 heteroatoms. The molecule has 370 valence electrons. The number of aromatic nitrogens is 3. The Hall–Kier alpha value is -3.92. The Morgan fingerprint density at radius 2 is 0.657 bits per heavy atom. The fourth-order valence-electron chi connectivity index (χ4n) is 5.69. The third kappa shape index (κ3) is 34.4. The molecule has 0 aliphatic rings. The van der Waals surface area contributed by atoms with Crippen molar-refractivity contribution >= 4 is 91.3 Å². The molecule has 3 aromatic heterocycles. The van der Waals surface area contributed by atoms with Crippen molar-refractivity contribution in [3.63, 3.8) is 0 Å². The van der Waals surface area contributed by atoms with E-state index in [4.69, 9.17) is 12.6 Å². The van der Waals surface area contributed by atoms with E-state index in [1.54, 1.807) is 0 Å². The van der Waals surface area contributed by atoms with Gasteiger partial charge in [-0.25, -0.2) is 13.7 Å². The summed E-state index contributed by atoms with van der Waals surface area (Å²) >= 11 is 4.78. The van der Waals surface area contributed by atoms with Crippen molar-refractivity contribution in [2.45, 2.75) is 62.4 Å². The van der Waals surface area contributed by atoms with Gasteiger partial charge in [0.25, 0.3) is 0 Å². The minimum absolute atomic E-state index is 0. The van der Waals surface area contributed by atoms with Gasteiger partial charge in [0.15, 0.2) is 44.5 Å². The minimum Gasteiger partial charge on any atom is -0.801 e. The first kappa shape index (κ1) is 70.3. The molecule has 0 spiro atoms. The summed E-state index contributed by atoms with van der Waals surface area (Å²) in [6, 6.07) is 43.8. The van der Waals surface area contributed by atoms with Crippen molar-refractivity contribution in [3.05, 3.63) is 199 Å². The molecule has 0 saturated carbocycles. The molecule has 0 bridgehead atoms. The predicted molar refractivity (Wildman–Crippen MR) is 321 cm³/mol. The third-order valence-electron chi connectivity index (χ3n) is 9.23. The molecule has 70 heavy (non-hydrogen) atoms. The number of benzene rings is 3. The van der Waals surface area contributed by atoms with E-state index in [0.717, 1.165) is 36.3 Å². The van der Waals surface area contributed by atoms with Crippen molar-refractivity contribution in [3.8, 4) is 0 Å². The molecule has 6 aromatic rings. The third-order valence-corrected chi connectivity index (χ3v) is 11.7. The van der Waals surface area contributed by atoms with Crippen LogP contribution in [-0.4, -0.2) is 81.1 Å². The largest absolute Gasteiger partial charge is 0.801 e. The molecule has 0 atom stereocenters. The van der Waals surface area contributed by atoms with Gasteiger partial charge >= 0.3 is 0 Å². The van der Waals surface area contributed by atoms with E-state index in [-0.39, 0.29) is 55.0 Å². The molecule has 0 amide bonds. The Balaban J connectivity index is -0.000000809. The summed E-state index contributed by atoms with van der Waals surface area (Å²) < 4.78 is 6.46. The van der Waals surface area contributed by atoms with Crippen LogP contribution in [0.4, 0.5) is 17.1 Å². The zero-order valence-corrected chi connectivity index (χ0v) is 46.8. The van der Waals surface area contributed by atoms with Crippen molar-refractivity contribution in [1.29, 1.82) is 0 Å². The Morgan fingerprint density at radius 3 is 0.871 bits per heavy atom. The fourth-order valence-corrected chi connectivity index (χ4v) is 7.55. The molecule has 0 fully saturated rings. The maximum Gasteiger partial charge on any atom is 0.213 e. The Labute approximate surface area is 469 Å². The number of allylic oxidation sites excluding steroid dienone is 3. The summed E-state index contributed by atoms with van der Waals surface area (Å²) in [7, 11) is 22.8. The first-order valence-corrected chi connectivity index (χ1v) is 25.5. The molecule has 0 saturated heterocycles. The number of nitrogens with zero attached hydrogens (tertiary/aromatic N) is 6. The molecule has 0 unspecified atom stereocenters. The van der Waals surface area contributed by atoms with E-state index < -0.39 is 0 Å². The zero-order valence-electron chi connectivity index (χ0n) is 41.5. The van der Waals surface area contributed by atoms with Gasteiger partial charge in [0.2, 0.25) is 14.6 Å². The Morgan fingerprint density at radius 1 is 0.414 bits per heavy atom. The topological polar surface area (TPSA) is 21.4 Å². The molecular formula is C57H84B3N6S3Y+2. The second-order valence-corrected chi connectivity index (χ2v) is 18.2. The number of hydrogen-bond donors (Lipinski definition) is 0. The summed E-state index contributed by atoms with van der Waals surface area (Å²) in [6.07, 6.45) is 27.8. The molecule has 6 nitrogen and oxygen atoms in total. The smallest absolute Gasteiger partial charge is 0.213 e. The van der Waals surface area contributed by atoms with Crippen molar-refractivity contribution < 1.29 is 46.4 Å². The first-order chi connectivity index (χ1) is 32.1. The molecule has 0 aliphatic carbocycles. The molecule has 3 aromatic carbocycles. The Bertz CT molecular complexity index is 1960. The minimum atomic E-state index is 0. The number of hydrogen-bond acceptors (Lipinski definition) is 6. The summed E-state index contributed by atoms with van der Waals surface area (Å²) in [5.74, 6) is 0. The van der Waals surface area contributed by atoms with E-state index in [9.17, 15) is 0 Å². The average molecular weight is 1070 g/mol. The van der Waals surface area contributed by atoms with E-state index in [2.05, 4.69) is 190 Å². The SMILES string of the molecule is C.C.C.C/C=C/c1ccc(N(C)C)cc1.C/C=C/c1ccc(N(C)C)cc1.C/C=C/c1ccc(N(C)C)cc1.[B](CSSC[B]C[n+]1ccccc1)C[n+]1ccccc1.[S-]C[B]C[n+]1ccccc1.[Y]. The second-order valence-electron chi connectivity index (χ2n) is 15.3. The van der Waals surface area contributed by atoms with Crippen molar-refractivity contribution in [2.24, 2.45) is 0 Å². The van der Waals surface area contributed by atoms with E-state index in [1.807, 2.05) is 146 Å². The first-order valence-electron chi connectivity index (χ1n) is 22.4. The molecule has 0 aliphatic heterocycles. The Kier molecular flexibility index (Phi) is 46.4. The number of rotatable bonds is 18. The van der Waals surface area contributed by atoms with Crippen LogP contribution in [-0.2, 0) is 64.7 Å². The summed E-state index contributed by atoms with van der Waals surface area (Å²) in [5, 5.41) is 0. The van der Waals surface area contributed by atoms with Gasteiger partial charge in [-0.1, -0.05) is 113 Å². The van der Waals surface area contributed by atoms with Crippen LogP contribution in [0.1, 0.15) is 59.7 Å². The fraction of sp³-hybridized carbons (Fsp3) is 0.316. The molecular weight excluding hydrogens is 986 g/mol. The molecule has 0 N–H and O–H groups in total. The number of anilines is 3. The van der Waals surface area contributed by atoms with Gasteiger partial charge in [0.05, 0.1) is 0 Å². The van der Waals surface area contributed by atoms with Crippen LogP contribution in [0, 0.1) is 0 Å². The maximum absolute atomic E-state index is 4.78. The van der Waals surface area contributed by atoms with Crippen molar-refractivity contribution in [2.75, 3.05) is 73.9 Å². The monoisotopic (exact) mass is 1070 g/mol. The normalized spacial score (nSPS) is 9.69. The van der Waals surface area contributed by atoms with Gasteiger partial charge in [0, 0.05) is 128 Å². The van der Waals surface area contributed by atoms with Gasteiger partial charge in [-0.05, 0) is 85.2 Å². The van der Waals surface area contributed by atoms with Crippen LogP contribution in [0.3, 0.4) is 0 Å². The van der Waals surface area contributed by atoms with Crippen LogP contribution in [0.25, 0.3) is 18.2 Å². The maximum atomic E-state index is 4.78. The van der Waals surface area contributed by atoms with E-state index >= 15 is 0 Å². The summed E-state index contributed by atoms with van der Waals surface area (Å²) in [4.78, 5) is 6.29. The van der Waals surface area contributed by atoms with Gasteiger partial charge in [-0.2, -0.15) is 5.65 Å². The quantitative estimate of drug-likeness (QED) is 0.0279. The van der Waals surface area contributed by atoms with Gasteiger partial charge in [-0.3, -0.25) is 0 Å². The van der Waals surface area contributed by atoms with Gasteiger partial charge < -0.3 is 27.3 Å². The van der Waals surface area contributed by atoms with Crippen LogP contribution in [0.2, 0.25) is 0 Å². The van der Waals surface area contributed by atoms with Gasteiger partial charge in [-0.15, -0.1) is 21.6 Å². The van der Waals surface area contributed by atoms with Crippen LogP contribution in [0.15, 0.2) is 183 Å². The van der Waals surface area contributed by atoms with Crippen LogP contribution in [0.5, 0.6) is 0 Å². The molecule has 4 radical (unpaired) electrons. The summed E-state index contributed by atoms with van der Waals surface area (Å²) in [5.41, 5.74) is 10.4. The van der Waals surface area contributed by atoms with E-state index in [0.29, 0.717) is 0 Å². The van der Waals surface area contributed by atoms with E-state index in [1.165, 1.54) is 33.8 Å². The molecule has 3 heterocycles. The predicted octanol–water partition coefficient (Wildman–Crippen LogP) is 12.0. The zero-order chi connectivity index (χ0) is 48.0. The van der Waals surface area contributed by atoms with Crippen LogP contribution < -0.4 is 28.4 Å². The second kappa shape index (κ2) is 46.2. The number of pyridine rings is 3. The standard InChI is InChI=1S/C14H18B2N2S2.3C11H15N.C7H9BNS.3CH4.Y/c1-3-7-17(8-4-1)11-15-13-19-20-14-16-12-18-9-5-2-6-10-18;3*1-4-5-10-6-8-11(9-7-10)12(2)3;10-7-8-6-9-4-2-1-3-5-9;;;;/h1-10H,11-14H2;3*4-9H,1-3H3;1-5H,6-7H2;3*1H4;/q+2;;;;;;;;/b;3*5-4+;;;;;. The van der Waals surface area contributed by atoms with Crippen molar-refractivity contribution in [1.82, 2.24) is 0 Å². The average Bonchev–Trinajstić information content (AvgIpc) is 3.34. The van der Waals surface area contributed by atoms with Gasteiger partial charge in [0.1, 0.15) is 19.3 Å². The molecule has 6 rings (SSSR count).